The first-order valence-corrected chi connectivity index (χ1v) is 14.9. The molecule has 0 saturated carbocycles. The molecule has 0 unspecified atom stereocenters. The van der Waals surface area contributed by atoms with E-state index >= 15 is 0 Å². The highest BCUT2D eigenvalue weighted by atomic mass is 15.0. The van der Waals surface area contributed by atoms with Gasteiger partial charge in [-0.2, -0.15) is 0 Å². The van der Waals surface area contributed by atoms with Crippen molar-refractivity contribution in [1.82, 2.24) is 4.57 Å². The molecule has 0 aliphatic heterocycles. The van der Waals surface area contributed by atoms with Crippen LogP contribution in [-0.2, 0) is 25.7 Å². The molecule has 0 radical (unpaired) electrons. The molecule has 0 N–H and O–H groups in total. The van der Waals surface area contributed by atoms with Crippen molar-refractivity contribution in [3.05, 3.63) is 125 Å². The number of hydrogen-bond donors (Lipinski definition) is 0. The molecule has 0 aliphatic carbocycles. The van der Waals surface area contributed by atoms with Gasteiger partial charge in [0, 0.05) is 16.5 Å². The summed E-state index contributed by atoms with van der Waals surface area (Å²) in [6.07, 6.45) is 4.20. The summed E-state index contributed by atoms with van der Waals surface area (Å²) in [5, 5.41) is 2.61. The summed E-state index contributed by atoms with van der Waals surface area (Å²) in [5.41, 5.74) is 15.8. The van der Waals surface area contributed by atoms with Gasteiger partial charge >= 0.3 is 0 Å². The number of hydrogen-bond acceptors (Lipinski definition) is 0. The number of aromatic nitrogens is 1. The third kappa shape index (κ3) is 4.64. The van der Waals surface area contributed by atoms with Gasteiger partial charge in [-0.15, -0.1) is 0 Å². The first-order chi connectivity index (χ1) is 19.5. The van der Waals surface area contributed by atoms with E-state index in [1.165, 1.54) is 77.6 Å². The average molecular weight is 522 g/mol. The van der Waals surface area contributed by atoms with E-state index in [1.54, 1.807) is 0 Å². The Morgan fingerprint density at radius 3 is 1.27 bits per heavy atom. The minimum Gasteiger partial charge on any atom is -0.309 e. The zero-order valence-corrected chi connectivity index (χ0v) is 24.5. The molecule has 0 spiro atoms. The molecule has 0 saturated heterocycles. The van der Waals surface area contributed by atoms with Gasteiger partial charge in [0.05, 0.1) is 11.0 Å². The van der Waals surface area contributed by atoms with Gasteiger partial charge in [0.25, 0.3) is 0 Å². The minimum atomic E-state index is 1.05. The van der Waals surface area contributed by atoms with Crippen molar-refractivity contribution in [2.75, 3.05) is 0 Å². The maximum atomic E-state index is 2.45. The first-order valence-electron chi connectivity index (χ1n) is 14.9. The quantitative estimate of drug-likeness (QED) is 0.197. The molecule has 40 heavy (non-hydrogen) atoms. The number of aryl methyl sites for hydroxylation is 5. The molecule has 1 heteroatoms. The maximum Gasteiger partial charge on any atom is 0.0541 e. The molecule has 0 atom stereocenters. The van der Waals surface area contributed by atoms with Crippen LogP contribution in [0.2, 0.25) is 0 Å². The molecule has 5 aromatic carbocycles. The lowest BCUT2D eigenvalue weighted by atomic mass is 9.95. The van der Waals surface area contributed by atoms with E-state index < -0.39 is 0 Å². The van der Waals surface area contributed by atoms with Crippen molar-refractivity contribution in [2.24, 2.45) is 0 Å². The van der Waals surface area contributed by atoms with Crippen molar-refractivity contribution in [3.63, 3.8) is 0 Å². The van der Waals surface area contributed by atoms with Crippen LogP contribution in [0.3, 0.4) is 0 Å². The fraction of sp³-hybridized carbons (Fsp3) is 0.231. The molecule has 0 amide bonds. The van der Waals surface area contributed by atoms with E-state index in [1.807, 2.05) is 0 Å². The van der Waals surface area contributed by atoms with Crippen molar-refractivity contribution in [1.29, 1.82) is 0 Å². The third-order valence-electron chi connectivity index (χ3n) is 8.53. The Morgan fingerprint density at radius 1 is 0.450 bits per heavy atom. The van der Waals surface area contributed by atoms with Crippen LogP contribution in [0.4, 0.5) is 0 Å². The lowest BCUT2D eigenvalue weighted by molar-refractivity contribution is 1.09. The van der Waals surface area contributed by atoms with Crippen LogP contribution in [0.1, 0.15) is 55.5 Å². The predicted molar refractivity (Wildman–Crippen MR) is 174 cm³/mol. The van der Waals surface area contributed by atoms with Crippen molar-refractivity contribution < 1.29 is 0 Å². The second-order valence-corrected chi connectivity index (χ2v) is 11.1. The standard InChI is InChI=1S/C39H39N/c1-6-27-18-28(7-2)21-33(20-27)31-14-16-38-35(24-31)36-25-32(34-22-29(8-3)19-30(9-4)23-34)15-17-39(36)40(38)37-13-11-10-12-26(37)5/h10-25H,6-9H2,1-5H3. The molecule has 200 valence electrons. The molecule has 1 aromatic heterocycles. The Labute approximate surface area is 239 Å². The molecule has 0 bridgehead atoms. The Morgan fingerprint density at radius 2 is 0.875 bits per heavy atom. The average Bonchev–Trinajstić information content (AvgIpc) is 3.33. The summed E-state index contributed by atoms with van der Waals surface area (Å²) < 4.78 is 2.45. The largest absolute Gasteiger partial charge is 0.309 e. The van der Waals surface area contributed by atoms with Crippen LogP contribution < -0.4 is 0 Å². The topological polar surface area (TPSA) is 4.93 Å². The summed E-state index contributed by atoms with van der Waals surface area (Å²) in [7, 11) is 0. The summed E-state index contributed by atoms with van der Waals surface area (Å²) >= 11 is 0. The van der Waals surface area contributed by atoms with Gasteiger partial charge in [0.15, 0.2) is 0 Å². The minimum absolute atomic E-state index is 1.05. The van der Waals surface area contributed by atoms with Gasteiger partial charge in [-0.25, -0.2) is 0 Å². The summed E-state index contributed by atoms with van der Waals surface area (Å²) in [5.74, 6) is 0. The van der Waals surface area contributed by atoms with Crippen LogP contribution in [0.5, 0.6) is 0 Å². The van der Waals surface area contributed by atoms with E-state index in [0.717, 1.165) is 25.7 Å². The molecule has 1 nitrogen and oxygen atoms in total. The predicted octanol–water partition coefficient (Wildman–Crippen LogP) is 10.7. The van der Waals surface area contributed by atoms with Crippen LogP contribution in [-0.4, -0.2) is 4.57 Å². The number of benzene rings is 5. The van der Waals surface area contributed by atoms with E-state index in [4.69, 9.17) is 0 Å². The van der Waals surface area contributed by atoms with E-state index in [2.05, 4.69) is 136 Å². The Balaban J connectivity index is 1.64. The van der Waals surface area contributed by atoms with Gasteiger partial charge in [-0.1, -0.05) is 94.4 Å². The number of para-hydroxylation sites is 1. The van der Waals surface area contributed by atoms with Gasteiger partial charge in [-0.05, 0) is 113 Å². The maximum absolute atomic E-state index is 2.45. The van der Waals surface area contributed by atoms with Gasteiger partial charge in [0.2, 0.25) is 0 Å². The Bertz CT molecular complexity index is 1690. The second kappa shape index (κ2) is 10.8. The molecule has 6 aromatic rings. The number of rotatable bonds is 7. The summed E-state index contributed by atoms with van der Waals surface area (Å²) in [6.45, 7) is 11.2. The third-order valence-corrected chi connectivity index (χ3v) is 8.53. The SMILES string of the molecule is CCc1cc(CC)cc(-c2ccc3c(c2)c2cc(-c4cc(CC)cc(CC)c4)ccc2n3-c2ccccc2C)c1. The van der Waals surface area contributed by atoms with Crippen molar-refractivity contribution in [3.8, 4) is 27.9 Å². The molecular weight excluding hydrogens is 482 g/mol. The zero-order chi connectivity index (χ0) is 27.8. The van der Waals surface area contributed by atoms with Gasteiger partial charge in [0.1, 0.15) is 0 Å². The zero-order valence-electron chi connectivity index (χ0n) is 24.5. The highest BCUT2D eigenvalue weighted by molar-refractivity contribution is 6.11. The highest BCUT2D eigenvalue weighted by Gasteiger charge is 2.16. The van der Waals surface area contributed by atoms with E-state index in [9.17, 15) is 0 Å². The Kier molecular flexibility index (Phi) is 7.07. The first kappa shape index (κ1) is 26.1. The Hall–Kier alpha value is -4.10. The van der Waals surface area contributed by atoms with Crippen LogP contribution in [0.15, 0.2) is 97.1 Å². The fourth-order valence-corrected chi connectivity index (χ4v) is 6.13. The second-order valence-electron chi connectivity index (χ2n) is 11.1. The lowest BCUT2D eigenvalue weighted by Gasteiger charge is -2.12. The van der Waals surface area contributed by atoms with Crippen LogP contribution >= 0.6 is 0 Å². The van der Waals surface area contributed by atoms with Crippen LogP contribution in [0, 0.1) is 6.92 Å². The monoisotopic (exact) mass is 521 g/mol. The normalized spacial score (nSPS) is 11.5. The summed E-state index contributed by atoms with van der Waals surface area (Å²) in [6, 6.07) is 37.0. The summed E-state index contributed by atoms with van der Waals surface area (Å²) in [4.78, 5) is 0. The van der Waals surface area contributed by atoms with Gasteiger partial charge in [-0.3, -0.25) is 0 Å². The van der Waals surface area contributed by atoms with Crippen molar-refractivity contribution in [2.45, 2.75) is 60.3 Å². The molecule has 1 heterocycles. The molecular formula is C39H39N. The molecule has 0 aliphatic rings. The number of nitrogens with zero attached hydrogens (tertiary/aromatic N) is 1. The highest BCUT2D eigenvalue weighted by Crippen LogP contribution is 2.38. The van der Waals surface area contributed by atoms with Crippen LogP contribution in [0.25, 0.3) is 49.7 Å². The van der Waals surface area contributed by atoms with Crippen molar-refractivity contribution >= 4 is 21.8 Å². The molecule has 6 rings (SSSR count). The smallest absolute Gasteiger partial charge is 0.0541 e. The van der Waals surface area contributed by atoms with E-state index in [-0.39, 0.29) is 0 Å². The fourth-order valence-electron chi connectivity index (χ4n) is 6.13. The molecule has 0 fully saturated rings. The van der Waals surface area contributed by atoms with Gasteiger partial charge < -0.3 is 4.57 Å². The number of fused-ring (bicyclic) bond motifs is 3. The van der Waals surface area contributed by atoms with E-state index in [0.29, 0.717) is 0 Å². The lowest BCUT2D eigenvalue weighted by Crippen LogP contribution is -1.96.